The molecule has 2 aliphatic carbocycles. The fourth-order valence-electron chi connectivity index (χ4n) is 2.70. The first-order chi connectivity index (χ1) is 4.40. The molecule has 0 amide bonds. The van der Waals surface area contributed by atoms with Gasteiger partial charge in [-0.1, -0.05) is 13.3 Å². The summed E-state index contributed by atoms with van der Waals surface area (Å²) in [6.07, 6.45) is 8.55. The van der Waals surface area contributed by atoms with Crippen LogP contribution in [-0.4, -0.2) is 0 Å². The average molecular weight is 123 g/mol. The van der Waals surface area contributed by atoms with E-state index in [0.717, 1.165) is 17.8 Å². The monoisotopic (exact) mass is 123 g/mol. The van der Waals surface area contributed by atoms with Crippen molar-refractivity contribution in [3.63, 3.8) is 0 Å². The van der Waals surface area contributed by atoms with E-state index in [0.29, 0.717) is 0 Å². The quantitative estimate of drug-likeness (QED) is 0.503. The molecule has 2 saturated carbocycles. The Labute approximate surface area is 57.6 Å². The van der Waals surface area contributed by atoms with E-state index in [9.17, 15) is 0 Å². The smallest absolute Gasteiger partial charge is 0.0355 e. The molecule has 0 saturated heterocycles. The van der Waals surface area contributed by atoms with Crippen LogP contribution >= 0.6 is 0 Å². The molecule has 0 heterocycles. The summed E-state index contributed by atoms with van der Waals surface area (Å²) < 4.78 is 0. The van der Waals surface area contributed by atoms with Crippen LogP contribution in [-0.2, 0) is 0 Å². The number of fused-ring (bicyclic) bond motifs is 2. The third-order valence-electron chi connectivity index (χ3n) is 3.22. The number of rotatable bonds is 1. The fourth-order valence-corrected chi connectivity index (χ4v) is 2.70. The van der Waals surface area contributed by atoms with Crippen LogP contribution in [0.15, 0.2) is 0 Å². The molecule has 0 aliphatic heterocycles. The van der Waals surface area contributed by atoms with Crippen molar-refractivity contribution in [2.75, 3.05) is 0 Å². The van der Waals surface area contributed by atoms with Crippen LogP contribution in [0.5, 0.6) is 0 Å². The van der Waals surface area contributed by atoms with Crippen LogP contribution in [0.2, 0.25) is 0 Å². The maximum Gasteiger partial charge on any atom is -0.0355 e. The Bertz CT molecular complexity index is 107. The van der Waals surface area contributed by atoms with E-state index in [-0.39, 0.29) is 0 Å². The maximum atomic E-state index is 2.42. The highest BCUT2D eigenvalue weighted by molar-refractivity contribution is 4.94. The van der Waals surface area contributed by atoms with Crippen molar-refractivity contribution in [1.29, 1.82) is 0 Å². The minimum Gasteiger partial charge on any atom is -0.0620 e. The van der Waals surface area contributed by atoms with Crippen LogP contribution in [0.3, 0.4) is 0 Å². The van der Waals surface area contributed by atoms with Crippen molar-refractivity contribution in [1.82, 2.24) is 0 Å². The van der Waals surface area contributed by atoms with Crippen LogP contribution in [0.1, 0.15) is 32.6 Å². The van der Waals surface area contributed by atoms with E-state index in [1.165, 1.54) is 19.3 Å². The predicted molar refractivity (Wildman–Crippen MR) is 38.9 cm³/mol. The Morgan fingerprint density at radius 3 is 2.44 bits per heavy atom. The standard InChI is InChI=1S/C9H15/c1-2-8-5-7-3-4-9(8)6-7/h2,7-9H,3-6H2,1H3. The van der Waals surface area contributed by atoms with Gasteiger partial charge in [-0.25, -0.2) is 0 Å². The van der Waals surface area contributed by atoms with Crippen molar-refractivity contribution in [2.45, 2.75) is 32.6 Å². The van der Waals surface area contributed by atoms with Gasteiger partial charge in [0.15, 0.2) is 0 Å². The molecule has 0 N–H and O–H groups in total. The van der Waals surface area contributed by atoms with Crippen LogP contribution in [0.25, 0.3) is 0 Å². The van der Waals surface area contributed by atoms with E-state index < -0.39 is 0 Å². The lowest BCUT2D eigenvalue weighted by molar-refractivity contribution is 0.374. The highest BCUT2D eigenvalue weighted by Gasteiger charge is 2.38. The van der Waals surface area contributed by atoms with E-state index in [1.54, 1.807) is 6.42 Å². The molecule has 1 radical (unpaired) electrons. The molecule has 0 nitrogen and oxygen atoms in total. The molecule has 2 aliphatic rings. The van der Waals surface area contributed by atoms with Crippen LogP contribution in [0, 0.1) is 24.2 Å². The third-order valence-corrected chi connectivity index (χ3v) is 3.22. The second kappa shape index (κ2) is 2.00. The van der Waals surface area contributed by atoms with Gasteiger partial charge in [0.05, 0.1) is 0 Å². The molecule has 0 spiro atoms. The van der Waals surface area contributed by atoms with Gasteiger partial charge in [-0.15, -0.1) is 0 Å². The first-order valence-electron chi connectivity index (χ1n) is 4.19. The zero-order valence-corrected chi connectivity index (χ0v) is 6.14. The summed E-state index contributed by atoms with van der Waals surface area (Å²) in [4.78, 5) is 0. The van der Waals surface area contributed by atoms with Gasteiger partial charge in [0, 0.05) is 0 Å². The highest BCUT2D eigenvalue weighted by Crippen LogP contribution is 2.48. The Morgan fingerprint density at radius 1 is 1.22 bits per heavy atom. The Kier molecular flexibility index (Phi) is 1.28. The fraction of sp³-hybridized carbons (Fsp3) is 0.889. The molecule has 0 aromatic rings. The van der Waals surface area contributed by atoms with E-state index in [1.807, 2.05) is 0 Å². The highest BCUT2D eigenvalue weighted by atomic mass is 14.4. The average Bonchev–Trinajstić information content (AvgIpc) is 2.45. The lowest BCUT2D eigenvalue weighted by Crippen LogP contribution is -2.08. The lowest BCUT2D eigenvalue weighted by Gasteiger charge is -2.18. The van der Waals surface area contributed by atoms with E-state index in [2.05, 4.69) is 13.3 Å². The summed E-state index contributed by atoms with van der Waals surface area (Å²) in [6, 6.07) is 0. The van der Waals surface area contributed by atoms with Gasteiger partial charge in [-0.2, -0.15) is 0 Å². The first kappa shape index (κ1) is 5.76. The SMILES string of the molecule is C[CH]C1CC2CCC1C2. The molecule has 2 rings (SSSR count). The summed E-state index contributed by atoms with van der Waals surface area (Å²) in [5.74, 6) is 3.22. The first-order valence-corrected chi connectivity index (χ1v) is 4.19. The van der Waals surface area contributed by atoms with Gasteiger partial charge in [0.1, 0.15) is 0 Å². The van der Waals surface area contributed by atoms with Gasteiger partial charge in [-0.05, 0) is 43.4 Å². The van der Waals surface area contributed by atoms with Crippen LogP contribution < -0.4 is 0 Å². The number of hydrogen-bond donors (Lipinski definition) is 0. The predicted octanol–water partition coefficient (Wildman–Crippen LogP) is 2.65. The minimum atomic E-state index is 1.00. The molecule has 0 aromatic heterocycles. The van der Waals surface area contributed by atoms with Crippen molar-refractivity contribution in [2.24, 2.45) is 17.8 Å². The normalized spacial score (nSPS) is 48.3. The molecule has 51 valence electrons. The zero-order chi connectivity index (χ0) is 6.27. The summed E-state index contributed by atoms with van der Waals surface area (Å²) in [7, 11) is 0. The molecular weight excluding hydrogens is 108 g/mol. The van der Waals surface area contributed by atoms with Gasteiger partial charge >= 0.3 is 0 Å². The molecule has 2 bridgehead atoms. The summed E-state index contributed by atoms with van der Waals surface area (Å²) in [5, 5.41) is 0. The second-order valence-electron chi connectivity index (χ2n) is 3.67. The lowest BCUT2D eigenvalue weighted by atomic mass is 9.87. The van der Waals surface area contributed by atoms with E-state index >= 15 is 0 Å². The van der Waals surface area contributed by atoms with Gasteiger partial charge in [0.2, 0.25) is 0 Å². The topological polar surface area (TPSA) is 0 Å². The maximum absolute atomic E-state index is 2.42. The molecule has 0 aromatic carbocycles. The van der Waals surface area contributed by atoms with Crippen LogP contribution in [0.4, 0.5) is 0 Å². The van der Waals surface area contributed by atoms with Gasteiger partial charge in [0.25, 0.3) is 0 Å². The van der Waals surface area contributed by atoms with Crippen molar-refractivity contribution >= 4 is 0 Å². The Balaban J connectivity index is 2.01. The van der Waals surface area contributed by atoms with Gasteiger partial charge < -0.3 is 0 Å². The number of hydrogen-bond acceptors (Lipinski definition) is 0. The van der Waals surface area contributed by atoms with Gasteiger partial charge in [-0.3, -0.25) is 0 Å². The summed E-state index contributed by atoms with van der Waals surface area (Å²) >= 11 is 0. The molecule has 3 unspecified atom stereocenters. The Morgan fingerprint density at radius 2 is 2.11 bits per heavy atom. The summed E-state index contributed by atoms with van der Waals surface area (Å²) in [6.45, 7) is 2.23. The largest absolute Gasteiger partial charge is 0.0620 e. The molecule has 2 fully saturated rings. The summed E-state index contributed by atoms with van der Waals surface area (Å²) in [5.41, 5.74) is 0. The second-order valence-corrected chi connectivity index (χ2v) is 3.67. The molecule has 9 heavy (non-hydrogen) atoms. The Hall–Kier alpha value is 0. The molecule has 0 heteroatoms. The van der Waals surface area contributed by atoms with E-state index in [4.69, 9.17) is 0 Å². The molecular formula is C9H15. The zero-order valence-electron chi connectivity index (χ0n) is 6.14. The third kappa shape index (κ3) is 0.798. The van der Waals surface area contributed by atoms with Crippen molar-refractivity contribution in [3.8, 4) is 0 Å². The minimum absolute atomic E-state index is 1.00. The van der Waals surface area contributed by atoms with Crippen molar-refractivity contribution < 1.29 is 0 Å². The van der Waals surface area contributed by atoms with Crippen molar-refractivity contribution in [3.05, 3.63) is 6.42 Å². The molecule has 3 atom stereocenters.